The van der Waals surface area contributed by atoms with Crippen LogP contribution in [0.2, 0.25) is 0 Å². The standard InChI is InChI=1S/C17H23N3O4/c1-2-5-18-16(21)17(22)20-8-6-19(7-9-20)11-13-3-4-14-15(10-13)24-12-23-14/h3-4,10H,2,5-9,11-12H2,1H3,(H,18,21). The van der Waals surface area contributed by atoms with Crippen molar-refractivity contribution in [2.45, 2.75) is 19.9 Å². The summed E-state index contributed by atoms with van der Waals surface area (Å²) in [6, 6.07) is 5.96. The molecule has 0 atom stereocenters. The van der Waals surface area contributed by atoms with Crippen LogP contribution in [0.5, 0.6) is 11.5 Å². The molecule has 0 spiro atoms. The summed E-state index contributed by atoms with van der Waals surface area (Å²) >= 11 is 0. The molecule has 130 valence electrons. The molecule has 1 fully saturated rings. The number of hydrogen-bond acceptors (Lipinski definition) is 5. The molecule has 7 heteroatoms. The molecule has 0 bridgehead atoms. The van der Waals surface area contributed by atoms with Gasteiger partial charge in [-0.25, -0.2) is 0 Å². The fourth-order valence-corrected chi connectivity index (χ4v) is 2.86. The minimum absolute atomic E-state index is 0.277. The number of nitrogens with zero attached hydrogens (tertiary/aromatic N) is 2. The molecular weight excluding hydrogens is 310 g/mol. The van der Waals surface area contributed by atoms with Crippen molar-refractivity contribution in [1.29, 1.82) is 0 Å². The number of carbonyl (C=O) groups excluding carboxylic acids is 2. The van der Waals surface area contributed by atoms with Crippen molar-refractivity contribution in [1.82, 2.24) is 15.1 Å². The molecule has 1 saturated heterocycles. The van der Waals surface area contributed by atoms with E-state index in [9.17, 15) is 9.59 Å². The lowest BCUT2D eigenvalue weighted by atomic mass is 10.1. The molecule has 0 aromatic heterocycles. The molecular formula is C17H23N3O4. The summed E-state index contributed by atoms with van der Waals surface area (Å²) in [5.74, 6) is 0.647. The van der Waals surface area contributed by atoms with Crippen LogP contribution in [0.4, 0.5) is 0 Å². The summed E-state index contributed by atoms with van der Waals surface area (Å²) in [6.45, 7) is 6.21. The second-order valence-corrected chi connectivity index (χ2v) is 6.01. The molecule has 2 aliphatic heterocycles. The number of piperazine rings is 1. The van der Waals surface area contributed by atoms with Crippen LogP contribution in [0.1, 0.15) is 18.9 Å². The van der Waals surface area contributed by atoms with Gasteiger partial charge in [0.1, 0.15) is 0 Å². The number of carbonyl (C=O) groups is 2. The van der Waals surface area contributed by atoms with Gasteiger partial charge in [0.15, 0.2) is 11.5 Å². The lowest BCUT2D eigenvalue weighted by molar-refractivity contribution is -0.147. The molecule has 0 aliphatic carbocycles. The monoisotopic (exact) mass is 333 g/mol. The number of nitrogens with one attached hydrogen (secondary N) is 1. The van der Waals surface area contributed by atoms with Crippen LogP contribution in [0.15, 0.2) is 18.2 Å². The van der Waals surface area contributed by atoms with E-state index in [1.54, 1.807) is 4.90 Å². The van der Waals surface area contributed by atoms with Gasteiger partial charge in [-0.15, -0.1) is 0 Å². The van der Waals surface area contributed by atoms with Crippen molar-refractivity contribution in [3.05, 3.63) is 23.8 Å². The van der Waals surface area contributed by atoms with Crippen molar-refractivity contribution < 1.29 is 19.1 Å². The summed E-state index contributed by atoms with van der Waals surface area (Å²) in [6.07, 6.45) is 0.822. The minimum Gasteiger partial charge on any atom is -0.454 e. The maximum Gasteiger partial charge on any atom is 0.311 e. The van der Waals surface area contributed by atoms with Crippen molar-refractivity contribution in [2.75, 3.05) is 39.5 Å². The van der Waals surface area contributed by atoms with Gasteiger partial charge >= 0.3 is 11.8 Å². The van der Waals surface area contributed by atoms with E-state index < -0.39 is 11.8 Å². The molecule has 7 nitrogen and oxygen atoms in total. The molecule has 2 aliphatic rings. The van der Waals surface area contributed by atoms with Gasteiger partial charge in [-0.3, -0.25) is 14.5 Å². The van der Waals surface area contributed by atoms with E-state index in [1.807, 2.05) is 25.1 Å². The first-order valence-electron chi connectivity index (χ1n) is 8.35. The average molecular weight is 333 g/mol. The van der Waals surface area contributed by atoms with Crippen molar-refractivity contribution >= 4 is 11.8 Å². The maximum absolute atomic E-state index is 12.1. The Labute approximate surface area is 141 Å². The van der Waals surface area contributed by atoms with Crippen LogP contribution in [-0.4, -0.2) is 61.1 Å². The lowest BCUT2D eigenvalue weighted by Crippen LogP contribution is -2.52. The van der Waals surface area contributed by atoms with Crippen molar-refractivity contribution in [2.24, 2.45) is 0 Å². The predicted molar refractivity (Wildman–Crippen MR) is 87.7 cm³/mol. The highest BCUT2D eigenvalue weighted by atomic mass is 16.7. The number of amides is 2. The van der Waals surface area contributed by atoms with Gasteiger partial charge in [-0.05, 0) is 24.1 Å². The van der Waals surface area contributed by atoms with Crippen LogP contribution < -0.4 is 14.8 Å². The summed E-state index contributed by atoms with van der Waals surface area (Å²) in [5.41, 5.74) is 1.15. The van der Waals surface area contributed by atoms with Gasteiger partial charge < -0.3 is 19.7 Å². The highest BCUT2D eigenvalue weighted by Gasteiger charge is 2.26. The molecule has 2 amide bonds. The molecule has 24 heavy (non-hydrogen) atoms. The van der Waals surface area contributed by atoms with Gasteiger partial charge in [0, 0.05) is 39.3 Å². The number of fused-ring (bicyclic) bond motifs is 1. The Morgan fingerprint density at radius 2 is 1.88 bits per heavy atom. The predicted octanol–water partition coefficient (Wildman–Crippen LogP) is 0.586. The van der Waals surface area contributed by atoms with E-state index in [-0.39, 0.29) is 6.79 Å². The third-order valence-electron chi connectivity index (χ3n) is 4.23. The van der Waals surface area contributed by atoms with Gasteiger partial charge in [-0.2, -0.15) is 0 Å². The van der Waals surface area contributed by atoms with Gasteiger partial charge in [0.2, 0.25) is 6.79 Å². The minimum atomic E-state index is -0.499. The van der Waals surface area contributed by atoms with E-state index in [0.29, 0.717) is 19.6 Å². The topological polar surface area (TPSA) is 71.1 Å². The normalized spacial score (nSPS) is 17.0. The lowest BCUT2D eigenvalue weighted by Gasteiger charge is -2.34. The second kappa shape index (κ2) is 7.53. The van der Waals surface area contributed by atoms with E-state index in [0.717, 1.165) is 43.1 Å². The van der Waals surface area contributed by atoms with E-state index in [4.69, 9.17) is 9.47 Å². The largest absolute Gasteiger partial charge is 0.454 e. The van der Waals surface area contributed by atoms with Crippen LogP contribution in [0.3, 0.4) is 0 Å². The molecule has 0 saturated carbocycles. The molecule has 2 heterocycles. The number of rotatable bonds is 4. The summed E-state index contributed by atoms with van der Waals surface area (Å²) < 4.78 is 10.7. The van der Waals surface area contributed by atoms with Gasteiger partial charge in [0.25, 0.3) is 0 Å². The van der Waals surface area contributed by atoms with Crippen LogP contribution in [-0.2, 0) is 16.1 Å². The quantitative estimate of drug-likeness (QED) is 0.817. The van der Waals surface area contributed by atoms with Crippen molar-refractivity contribution in [3.63, 3.8) is 0 Å². The Kier molecular flexibility index (Phi) is 5.20. The number of ether oxygens (including phenoxy) is 2. The zero-order valence-corrected chi connectivity index (χ0v) is 13.9. The summed E-state index contributed by atoms with van der Waals surface area (Å²) in [7, 11) is 0. The zero-order valence-electron chi connectivity index (χ0n) is 13.9. The average Bonchev–Trinajstić information content (AvgIpc) is 3.07. The summed E-state index contributed by atoms with van der Waals surface area (Å²) in [5, 5.41) is 2.63. The van der Waals surface area contributed by atoms with Gasteiger partial charge in [-0.1, -0.05) is 13.0 Å². The van der Waals surface area contributed by atoms with Gasteiger partial charge in [0.05, 0.1) is 0 Å². The Balaban J connectivity index is 1.48. The first kappa shape index (κ1) is 16.6. The fourth-order valence-electron chi connectivity index (χ4n) is 2.86. The third-order valence-corrected chi connectivity index (χ3v) is 4.23. The molecule has 1 N–H and O–H groups in total. The Bertz CT molecular complexity index is 612. The summed E-state index contributed by atoms with van der Waals surface area (Å²) in [4.78, 5) is 27.7. The fraction of sp³-hybridized carbons (Fsp3) is 0.529. The second-order valence-electron chi connectivity index (χ2n) is 6.01. The molecule has 3 rings (SSSR count). The highest BCUT2D eigenvalue weighted by molar-refractivity contribution is 6.35. The molecule has 1 aromatic rings. The van der Waals surface area contributed by atoms with Crippen LogP contribution in [0, 0.1) is 0 Å². The van der Waals surface area contributed by atoms with E-state index in [2.05, 4.69) is 10.2 Å². The third kappa shape index (κ3) is 3.79. The van der Waals surface area contributed by atoms with Crippen molar-refractivity contribution in [3.8, 4) is 11.5 Å². The smallest absolute Gasteiger partial charge is 0.311 e. The molecule has 0 unspecified atom stereocenters. The zero-order chi connectivity index (χ0) is 16.9. The Morgan fingerprint density at radius 3 is 2.62 bits per heavy atom. The highest BCUT2D eigenvalue weighted by Crippen LogP contribution is 2.32. The first-order valence-corrected chi connectivity index (χ1v) is 8.35. The Morgan fingerprint density at radius 1 is 1.12 bits per heavy atom. The van der Waals surface area contributed by atoms with Crippen LogP contribution >= 0.6 is 0 Å². The first-order chi connectivity index (χ1) is 11.7. The number of hydrogen-bond donors (Lipinski definition) is 1. The Hall–Kier alpha value is -2.28. The molecule has 1 aromatic carbocycles. The molecule has 0 radical (unpaired) electrons. The van der Waals surface area contributed by atoms with Crippen LogP contribution in [0.25, 0.3) is 0 Å². The number of benzene rings is 1. The maximum atomic E-state index is 12.1. The van der Waals surface area contributed by atoms with E-state index >= 15 is 0 Å². The SMILES string of the molecule is CCCNC(=O)C(=O)N1CCN(Cc2ccc3c(c2)OCO3)CC1. The van der Waals surface area contributed by atoms with E-state index in [1.165, 1.54) is 0 Å².